The second-order valence-electron chi connectivity index (χ2n) is 9.40. The first-order chi connectivity index (χ1) is 13.5. The van der Waals surface area contributed by atoms with Gasteiger partial charge in [-0.25, -0.2) is 0 Å². The van der Waals surface area contributed by atoms with E-state index in [4.69, 9.17) is 4.74 Å². The van der Waals surface area contributed by atoms with E-state index >= 15 is 0 Å². The van der Waals surface area contributed by atoms with Gasteiger partial charge in [0.2, 0.25) is 0 Å². The van der Waals surface area contributed by atoms with Gasteiger partial charge in [0.1, 0.15) is 17.1 Å². The molecule has 1 aromatic rings. The van der Waals surface area contributed by atoms with E-state index in [9.17, 15) is 15.0 Å². The maximum atomic E-state index is 10.6. The molecule has 1 aromatic carbocycles. The fourth-order valence-corrected chi connectivity index (χ4v) is 4.22. The van der Waals surface area contributed by atoms with Gasteiger partial charge in [-0.05, 0) is 87.7 Å². The Kier molecular flexibility index (Phi) is 6.90. The Morgan fingerprint density at radius 3 is 2.25 bits per heavy atom. The molecule has 4 nitrogen and oxygen atoms in total. The third kappa shape index (κ3) is 5.89. The van der Waals surface area contributed by atoms with Gasteiger partial charge < -0.3 is 14.9 Å². The van der Waals surface area contributed by atoms with Crippen molar-refractivity contribution in [1.29, 1.82) is 0 Å². The molecule has 2 saturated carbocycles. The predicted molar refractivity (Wildman–Crippen MR) is 111 cm³/mol. The number of carbonyl (C=O) groups is 1. The molecule has 0 spiro atoms. The number of unbranched alkanes of at least 4 members (excludes halogenated alkanes) is 4. The number of benzene rings is 1. The molecule has 0 radical (unpaired) electrons. The van der Waals surface area contributed by atoms with Gasteiger partial charge >= 0.3 is 0 Å². The standard InChI is InChI=1S/C24H36O4/c1-23(14-15-23)12-6-2-4-8-19-10-11-21(26)20(22(19)27)9-5-3-7-13-24(16-17-24)28-18-25/h10-11,18,26-27H,2-9,12-17H2,1H3. The van der Waals surface area contributed by atoms with Gasteiger partial charge in [0.15, 0.2) is 0 Å². The zero-order valence-electron chi connectivity index (χ0n) is 17.3. The Morgan fingerprint density at radius 1 is 0.929 bits per heavy atom. The topological polar surface area (TPSA) is 66.8 Å². The number of hydrogen-bond donors (Lipinski definition) is 2. The van der Waals surface area contributed by atoms with Crippen LogP contribution in [0.3, 0.4) is 0 Å². The monoisotopic (exact) mass is 388 g/mol. The number of aryl methyl sites for hydroxylation is 1. The van der Waals surface area contributed by atoms with E-state index < -0.39 is 0 Å². The summed E-state index contributed by atoms with van der Waals surface area (Å²) in [6, 6.07) is 3.59. The molecule has 0 bridgehead atoms. The maximum absolute atomic E-state index is 10.6. The molecule has 2 aliphatic rings. The fraction of sp³-hybridized carbons (Fsp3) is 0.708. The maximum Gasteiger partial charge on any atom is 0.293 e. The van der Waals surface area contributed by atoms with Crippen LogP contribution in [-0.2, 0) is 22.4 Å². The molecule has 0 amide bonds. The van der Waals surface area contributed by atoms with E-state index in [2.05, 4.69) is 6.92 Å². The van der Waals surface area contributed by atoms with Crippen molar-refractivity contribution in [1.82, 2.24) is 0 Å². The quantitative estimate of drug-likeness (QED) is 0.312. The van der Waals surface area contributed by atoms with Crippen molar-refractivity contribution >= 4 is 6.47 Å². The number of ether oxygens (including phenoxy) is 1. The van der Waals surface area contributed by atoms with E-state index in [0.717, 1.165) is 56.9 Å². The van der Waals surface area contributed by atoms with Crippen LogP contribution in [0.1, 0.15) is 95.1 Å². The number of phenolic OH excluding ortho intramolecular Hbond substituents is 2. The van der Waals surface area contributed by atoms with Crippen LogP contribution in [0.4, 0.5) is 0 Å². The van der Waals surface area contributed by atoms with Crippen molar-refractivity contribution in [2.24, 2.45) is 5.41 Å². The lowest BCUT2D eigenvalue weighted by Gasteiger charge is -2.14. The number of carbonyl (C=O) groups excluding carboxylic acids is 1. The third-order valence-electron chi connectivity index (χ3n) is 6.84. The summed E-state index contributed by atoms with van der Waals surface area (Å²) in [4.78, 5) is 10.5. The average molecular weight is 389 g/mol. The molecule has 2 aliphatic carbocycles. The van der Waals surface area contributed by atoms with E-state index in [1.807, 2.05) is 6.07 Å². The van der Waals surface area contributed by atoms with Crippen molar-refractivity contribution in [3.63, 3.8) is 0 Å². The summed E-state index contributed by atoms with van der Waals surface area (Å²) in [5, 5.41) is 20.8. The summed E-state index contributed by atoms with van der Waals surface area (Å²) in [5.74, 6) is 0.489. The third-order valence-corrected chi connectivity index (χ3v) is 6.84. The summed E-state index contributed by atoms with van der Waals surface area (Å²) in [6.07, 6.45) is 15.1. The first kappa shape index (κ1) is 21.0. The molecule has 0 saturated heterocycles. The highest BCUT2D eigenvalue weighted by atomic mass is 16.5. The van der Waals surface area contributed by atoms with Crippen LogP contribution in [0, 0.1) is 5.41 Å². The lowest BCUT2D eigenvalue weighted by molar-refractivity contribution is -0.135. The minimum Gasteiger partial charge on any atom is -0.508 e. The molecule has 2 N–H and O–H groups in total. The van der Waals surface area contributed by atoms with Crippen LogP contribution in [0.5, 0.6) is 11.5 Å². The minimum atomic E-state index is -0.178. The fourth-order valence-electron chi connectivity index (χ4n) is 4.22. The van der Waals surface area contributed by atoms with Crippen molar-refractivity contribution in [3.8, 4) is 11.5 Å². The van der Waals surface area contributed by atoms with Crippen LogP contribution >= 0.6 is 0 Å². The van der Waals surface area contributed by atoms with Gasteiger partial charge in [0, 0.05) is 5.56 Å². The summed E-state index contributed by atoms with van der Waals surface area (Å²) in [5.41, 5.74) is 2.10. The van der Waals surface area contributed by atoms with E-state index in [1.165, 1.54) is 32.1 Å². The van der Waals surface area contributed by atoms with Crippen LogP contribution in [0.2, 0.25) is 0 Å². The number of rotatable bonds is 14. The van der Waals surface area contributed by atoms with Crippen LogP contribution in [0.25, 0.3) is 0 Å². The van der Waals surface area contributed by atoms with Crippen LogP contribution in [-0.4, -0.2) is 22.3 Å². The van der Waals surface area contributed by atoms with Crippen molar-refractivity contribution in [3.05, 3.63) is 23.3 Å². The molecular weight excluding hydrogens is 352 g/mol. The number of aromatic hydroxyl groups is 2. The average Bonchev–Trinajstić information content (AvgIpc) is 3.58. The second kappa shape index (κ2) is 9.19. The Bertz CT molecular complexity index is 659. The molecule has 0 unspecified atom stereocenters. The molecule has 2 fully saturated rings. The Balaban J connectivity index is 1.38. The lowest BCUT2D eigenvalue weighted by atomic mass is 9.96. The summed E-state index contributed by atoms with van der Waals surface area (Å²) in [7, 11) is 0. The van der Waals surface area contributed by atoms with E-state index in [1.54, 1.807) is 6.07 Å². The molecule has 0 atom stereocenters. The van der Waals surface area contributed by atoms with Crippen LogP contribution in [0.15, 0.2) is 12.1 Å². The van der Waals surface area contributed by atoms with Crippen LogP contribution < -0.4 is 0 Å². The van der Waals surface area contributed by atoms with Gasteiger partial charge in [-0.3, -0.25) is 4.79 Å². The first-order valence-electron chi connectivity index (χ1n) is 11.1. The SMILES string of the molecule is CC1(CCCCCc2ccc(O)c(CCCCCC3(OC=O)CC3)c2O)CC1. The molecule has 156 valence electrons. The summed E-state index contributed by atoms with van der Waals surface area (Å²) in [6.45, 7) is 2.95. The molecule has 0 aromatic heterocycles. The number of phenols is 2. The van der Waals surface area contributed by atoms with Gasteiger partial charge in [-0.2, -0.15) is 0 Å². The van der Waals surface area contributed by atoms with Gasteiger partial charge in [-0.15, -0.1) is 0 Å². The van der Waals surface area contributed by atoms with Crippen molar-refractivity contribution in [2.75, 3.05) is 0 Å². The summed E-state index contributed by atoms with van der Waals surface area (Å²) < 4.78 is 5.18. The zero-order valence-corrected chi connectivity index (χ0v) is 17.3. The molecule has 4 heteroatoms. The molecule has 0 aliphatic heterocycles. The molecule has 3 rings (SSSR count). The lowest BCUT2D eigenvalue weighted by Crippen LogP contribution is -2.12. The highest BCUT2D eigenvalue weighted by Gasteiger charge is 2.44. The van der Waals surface area contributed by atoms with E-state index in [-0.39, 0.29) is 17.1 Å². The minimum absolute atomic E-state index is 0.178. The molecule has 0 heterocycles. The number of hydrogen-bond acceptors (Lipinski definition) is 4. The smallest absolute Gasteiger partial charge is 0.293 e. The van der Waals surface area contributed by atoms with Crippen molar-refractivity contribution in [2.45, 2.75) is 102 Å². The van der Waals surface area contributed by atoms with Gasteiger partial charge in [0.25, 0.3) is 6.47 Å². The van der Waals surface area contributed by atoms with E-state index in [0.29, 0.717) is 23.9 Å². The first-order valence-corrected chi connectivity index (χ1v) is 11.1. The van der Waals surface area contributed by atoms with Gasteiger partial charge in [-0.1, -0.05) is 32.3 Å². The highest BCUT2D eigenvalue weighted by Crippen LogP contribution is 2.49. The molecule has 28 heavy (non-hydrogen) atoms. The highest BCUT2D eigenvalue weighted by molar-refractivity contribution is 5.48. The summed E-state index contributed by atoms with van der Waals surface area (Å²) >= 11 is 0. The Morgan fingerprint density at radius 2 is 1.61 bits per heavy atom. The molecular formula is C24H36O4. The predicted octanol–water partition coefficient (Wildman–Crippen LogP) is 5.81. The normalized spacial score (nSPS) is 18.6. The Labute approximate surface area is 169 Å². The second-order valence-corrected chi connectivity index (χ2v) is 9.40. The van der Waals surface area contributed by atoms with Gasteiger partial charge in [0.05, 0.1) is 0 Å². The van der Waals surface area contributed by atoms with Crippen molar-refractivity contribution < 1.29 is 19.7 Å². The zero-order chi connectivity index (χ0) is 20.0. The Hall–Kier alpha value is -1.71. The largest absolute Gasteiger partial charge is 0.508 e.